The van der Waals surface area contributed by atoms with Gasteiger partial charge in [0.1, 0.15) is 5.75 Å². The predicted octanol–water partition coefficient (Wildman–Crippen LogP) is 5.16. The van der Waals surface area contributed by atoms with Crippen LogP contribution in [0.25, 0.3) is 10.8 Å². The van der Waals surface area contributed by atoms with E-state index in [1.165, 1.54) is 50.1 Å². The largest absolute Gasteiger partial charge is 0.506 e. The summed E-state index contributed by atoms with van der Waals surface area (Å²) in [5.74, 6) is -0.622. The van der Waals surface area contributed by atoms with E-state index in [0.717, 1.165) is 21.2 Å². The molecule has 1 amide bonds. The van der Waals surface area contributed by atoms with Crippen LogP contribution in [0.2, 0.25) is 5.02 Å². The lowest BCUT2D eigenvalue weighted by Gasteiger charge is -2.03. The molecule has 0 heterocycles. The normalized spacial score (nSPS) is 13.0. The van der Waals surface area contributed by atoms with Gasteiger partial charge in [0.05, 0.1) is 5.02 Å². The van der Waals surface area contributed by atoms with Crippen LogP contribution in [0.1, 0.15) is 41.6 Å². The number of carbonyl (C=O) groups is 1. The van der Waals surface area contributed by atoms with Gasteiger partial charge in [-0.25, -0.2) is 0 Å². The van der Waals surface area contributed by atoms with Crippen molar-refractivity contribution < 1.29 is 9.90 Å². The van der Waals surface area contributed by atoms with E-state index in [9.17, 15) is 4.79 Å². The molecule has 1 aliphatic rings. The molecule has 5 nitrogen and oxygen atoms in total. The van der Waals surface area contributed by atoms with Crippen LogP contribution in [-0.4, -0.2) is 23.3 Å². The molecule has 0 aromatic heterocycles. The zero-order valence-corrected chi connectivity index (χ0v) is 18.2. The molecule has 0 spiro atoms. The number of nitrogens with one attached hydrogen (secondary N) is 1. The first-order chi connectivity index (χ1) is 14.3. The average molecular weight is 444 g/mol. The number of halogens is 1. The summed E-state index contributed by atoms with van der Waals surface area (Å²) in [7, 11) is 0. The van der Waals surface area contributed by atoms with E-state index in [1.54, 1.807) is 0 Å². The van der Waals surface area contributed by atoms with Crippen LogP contribution >= 0.6 is 24.2 Å². The molecule has 0 aliphatic heterocycles. The molecule has 1 fully saturated rings. The third-order valence-electron chi connectivity index (χ3n) is 4.72. The Hall–Kier alpha value is -2.54. The van der Waals surface area contributed by atoms with Gasteiger partial charge in [-0.05, 0) is 53.4 Å². The lowest BCUT2D eigenvalue weighted by molar-refractivity contribution is 0.100. The summed E-state index contributed by atoms with van der Waals surface area (Å²) in [6.45, 7) is 0. The monoisotopic (exact) mass is 443 g/mol. The molecule has 6 N–H and O–H groups in total. The zero-order valence-electron chi connectivity index (χ0n) is 16.5. The summed E-state index contributed by atoms with van der Waals surface area (Å²) in [5, 5.41) is 18.5. The number of phenolic OH excluding ortho intramolecular Hbond substituents is 1. The van der Waals surface area contributed by atoms with Crippen LogP contribution in [-0.2, 0) is 0 Å². The number of hydrogen-bond donors (Lipinski definition) is 5. The SMILES string of the molecule is N=Cc1ccc(S)c2ccccc12.NC(=O)c1ccc(O)c(Cl)c1.NC1CCCC1. The van der Waals surface area contributed by atoms with Crippen molar-refractivity contribution in [1.82, 2.24) is 0 Å². The number of carbonyl (C=O) groups excluding carboxylic acids is 1. The van der Waals surface area contributed by atoms with Gasteiger partial charge in [0.2, 0.25) is 5.91 Å². The van der Waals surface area contributed by atoms with E-state index in [0.29, 0.717) is 6.04 Å². The predicted molar refractivity (Wildman–Crippen MR) is 127 cm³/mol. The van der Waals surface area contributed by atoms with Gasteiger partial charge in [0.15, 0.2) is 0 Å². The minimum Gasteiger partial charge on any atom is -0.506 e. The topological polar surface area (TPSA) is 113 Å². The van der Waals surface area contributed by atoms with E-state index in [2.05, 4.69) is 12.6 Å². The molecule has 0 unspecified atom stereocenters. The van der Waals surface area contributed by atoms with Gasteiger partial charge in [0, 0.05) is 22.7 Å². The van der Waals surface area contributed by atoms with Crippen molar-refractivity contribution >= 4 is 47.1 Å². The third kappa shape index (κ3) is 6.76. The summed E-state index contributed by atoms with van der Waals surface area (Å²) >= 11 is 9.86. The summed E-state index contributed by atoms with van der Waals surface area (Å²) in [6.07, 6.45) is 6.62. The first-order valence-corrected chi connectivity index (χ1v) is 10.4. The summed E-state index contributed by atoms with van der Waals surface area (Å²) in [4.78, 5) is 11.5. The maximum atomic E-state index is 10.5. The summed E-state index contributed by atoms with van der Waals surface area (Å²) in [5.41, 5.74) is 11.7. The molecule has 30 heavy (non-hydrogen) atoms. The molecule has 1 saturated carbocycles. The van der Waals surface area contributed by atoms with Gasteiger partial charge >= 0.3 is 0 Å². The average Bonchev–Trinajstić information content (AvgIpc) is 3.22. The van der Waals surface area contributed by atoms with Crippen molar-refractivity contribution in [3.63, 3.8) is 0 Å². The minimum absolute atomic E-state index is 0.0586. The number of nitrogens with two attached hydrogens (primary N) is 2. The van der Waals surface area contributed by atoms with Crippen LogP contribution in [0.3, 0.4) is 0 Å². The number of thiol groups is 1. The Kier molecular flexibility index (Phi) is 9.17. The van der Waals surface area contributed by atoms with Gasteiger partial charge in [-0.15, -0.1) is 12.6 Å². The Morgan fingerprint density at radius 1 is 1.10 bits per heavy atom. The number of benzene rings is 3. The third-order valence-corrected chi connectivity index (χ3v) is 5.42. The molecule has 0 atom stereocenters. The van der Waals surface area contributed by atoms with E-state index in [1.807, 2.05) is 36.4 Å². The van der Waals surface area contributed by atoms with Crippen molar-refractivity contribution in [2.45, 2.75) is 36.6 Å². The van der Waals surface area contributed by atoms with Crippen molar-refractivity contribution in [3.8, 4) is 5.75 Å². The summed E-state index contributed by atoms with van der Waals surface area (Å²) < 4.78 is 0. The van der Waals surface area contributed by atoms with Gasteiger partial charge in [-0.3, -0.25) is 4.79 Å². The Balaban J connectivity index is 0.000000171. The van der Waals surface area contributed by atoms with Gasteiger partial charge < -0.3 is 22.0 Å². The number of phenols is 1. The quantitative estimate of drug-likeness (QED) is 0.278. The maximum Gasteiger partial charge on any atom is 0.248 e. The fourth-order valence-electron chi connectivity index (χ4n) is 3.05. The Labute approximate surface area is 187 Å². The van der Waals surface area contributed by atoms with Crippen LogP contribution < -0.4 is 11.5 Å². The Bertz CT molecular complexity index is 1020. The molecule has 1 aliphatic carbocycles. The molecule has 3 aromatic carbocycles. The molecule has 0 radical (unpaired) electrons. The molecule has 158 valence electrons. The standard InChI is InChI=1S/C11H9NS.C7H6ClNO2.C5H11N/c12-7-8-5-6-11(13)10-4-2-1-3-9(8)10;8-5-3-4(7(9)11)1-2-6(5)10;6-5-3-1-2-4-5/h1-7,12-13H;1-3,10H,(H2,9,11);5H,1-4,6H2. The highest BCUT2D eigenvalue weighted by atomic mass is 35.5. The smallest absolute Gasteiger partial charge is 0.248 e. The first kappa shape index (κ1) is 23.7. The zero-order chi connectivity index (χ0) is 22.1. The lowest BCUT2D eigenvalue weighted by atomic mass is 10.1. The van der Waals surface area contributed by atoms with Crippen molar-refractivity contribution in [2.24, 2.45) is 11.5 Å². The van der Waals surface area contributed by atoms with E-state index in [-0.39, 0.29) is 16.3 Å². The van der Waals surface area contributed by atoms with Crippen molar-refractivity contribution in [2.75, 3.05) is 0 Å². The molecular weight excluding hydrogens is 418 g/mol. The van der Waals surface area contributed by atoms with E-state index < -0.39 is 5.91 Å². The number of primary amides is 1. The van der Waals surface area contributed by atoms with Gasteiger partial charge in [-0.2, -0.15) is 0 Å². The number of rotatable bonds is 2. The fourth-order valence-corrected chi connectivity index (χ4v) is 3.50. The molecule has 0 bridgehead atoms. The highest BCUT2D eigenvalue weighted by Gasteiger charge is 2.07. The number of hydrogen-bond acceptors (Lipinski definition) is 5. The lowest BCUT2D eigenvalue weighted by Crippen LogP contribution is -2.13. The second kappa shape index (κ2) is 11.6. The second-order valence-corrected chi connectivity index (χ2v) is 7.83. The first-order valence-electron chi connectivity index (χ1n) is 9.58. The van der Waals surface area contributed by atoms with Gasteiger partial charge in [-0.1, -0.05) is 54.8 Å². The number of fused-ring (bicyclic) bond motifs is 1. The van der Waals surface area contributed by atoms with Crippen LogP contribution in [0.15, 0.2) is 59.5 Å². The van der Waals surface area contributed by atoms with Crippen molar-refractivity contribution in [1.29, 1.82) is 5.41 Å². The van der Waals surface area contributed by atoms with E-state index in [4.69, 9.17) is 33.6 Å². The van der Waals surface area contributed by atoms with Gasteiger partial charge in [0.25, 0.3) is 0 Å². The van der Waals surface area contributed by atoms with Crippen molar-refractivity contribution in [3.05, 3.63) is 70.7 Å². The number of amides is 1. The highest BCUT2D eigenvalue weighted by Crippen LogP contribution is 2.24. The molecule has 3 aromatic rings. The summed E-state index contributed by atoms with van der Waals surface area (Å²) in [6, 6.07) is 16.4. The minimum atomic E-state index is -0.563. The fraction of sp³-hybridized carbons (Fsp3) is 0.217. The van der Waals surface area contributed by atoms with E-state index >= 15 is 0 Å². The maximum absolute atomic E-state index is 10.5. The number of aromatic hydroxyl groups is 1. The molecular formula is C23H26ClN3O2S. The Morgan fingerprint density at radius 2 is 1.73 bits per heavy atom. The van der Waals surface area contributed by atoms with Crippen LogP contribution in [0.5, 0.6) is 5.75 Å². The Morgan fingerprint density at radius 3 is 2.23 bits per heavy atom. The molecule has 0 saturated heterocycles. The molecule has 4 rings (SSSR count). The highest BCUT2D eigenvalue weighted by molar-refractivity contribution is 7.80. The van der Waals surface area contributed by atoms with Crippen LogP contribution in [0.4, 0.5) is 0 Å². The second-order valence-electron chi connectivity index (χ2n) is 6.94. The molecule has 7 heteroatoms. The van der Waals surface area contributed by atoms with Crippen LogP contribution in [0, 0.1) is 5.41 Å².